The first-order valence-corrected chi connectivity index (χ1v) is 6.39. The highest BCUT2D eigenvalue weighted by Gasteiger charge is 2.25. The number of nitrogens with zero attached hydrogens (tertiary/aromatic N) is 3. The highest BCUT2D eigenvalue weighted by Crippen LogP contribution is 2.41. The summed E-state index contributed by atoms with van der Waals surface area (Å²) in [4.78, 5) is 15.3. The van der Waals surface area contributed by atoms with Crippen LogP contribution in [0.2, 0.25) is 5.02 Å². The van der Waals surface area contributed by atoms with Gasteiger partial charge in [-0.05, 0) is 37.3 Å². The summed E-state index contributed by atoms with van der Waals surface area (Å²) < 4.78 is 1.46. The van der Waals surface area contributed by atoms with E-state index in [4.69, 9.17) is 16.7 Å². The minimum Gasteiger partial charge on any atom is -0.478 e. The molecule has 0 aromatic carbocycles. The molecule has 0 amide bonds. The second kappa shape index (κ2) is 4.35. The summed E-state index contributed by atoms with van der Waals surface area (Å²) in [7, 11) is 0. The van der Waals surface area contributed by atoms with E-state index in [0.717, 1.165) is 5.56 Å². The number of hydrogen-bond donors (Lipinski definition) is 1. The van der Waals surface area contributed by atoms with Crippen LogP contribution < -0.4 is 0 Å². The van der Waals surface area contributed by atoms with Gasteiger partial charge < -0.3 is 5.11 Å². The largest absolute Gasteiger partial charge is 0.478 e. The third kappa shape index (κ3) is 2.10. The smallest absolute Gasteiger partial charge is 0.339 e. The van der Waals surface area contributed by atoms with Gasteiger partial charge in [0, 0.05) is 6.20 Å². The lowest BCUT2D eigenvalue weighted by atomic mass is 10.2. The average molecular weight is 278 g/mol. The van der Waals surface area contributed by atoms with E-state index in [1.165, 1.54) is 23.7 Å². The first-order chi connectivity index (χ1) is 9.08. The van der Waals surface area contributed by atoms with Crippen molar-refractivity contribution >= 4 is 17.6 Å². The van der Waals surface area contributed by atoms with Crippen molar-refractivity contribution in [2.45, 2.75) is 25.7 Å². The number of aromatic nitrogens is 3. The van der Waals surface area contributed by atoms with E-state index in [-0.39, 0.29) is 5.56 Å². The van der Waals surface area contributed by atoms with Crippen molar-refractivity contribution in [3.63, 3.8) is 0 Å². The Balaban J connectivity index is 2.04. The molecule has 1 N–H and O–H groups in total. The molecule has 0 atom stereocenters. The Morgan fingerprint density at radius 2 is 2.21 bits per heavy atom. The molecule has 1 aliphatic carbocycles. The number of rotatable bonds is 3. The lowest BCUT2D eigenvalue weighted by Gasteiger charge is -2.07. The van der Waals surface area contributed by atoms with Gasteiger partial charge in [-0.15, -0.1) is 0 Å². The van der Waals surface area contributed by atoms with Gasteiger partial charge in [0.15, 0.2) is 5.82 Å². The molecular weight excluding hydrogens is 266 g/mol. The van der Waals surface area contributed by atoms with Crippen LogP contribution in [0.25, 0.3) is 5.82 Å². The maximum atomic E-state index is 11.0. The maximum Gasteiger partial charge on any atom is 0.339 e. The third-order valence-corrected chi connectivity index (χ3v) is 3.61. The van der Waals surface area contributed by atoms with Gasteiger partial charge in [0.05, 0.1) is 16.9 Å². The zero-order valence-corrected chi connectivity index (χ0v) is 11.1. The number of carboxylic acid groups (broad SMARTS) is 1. The van der Waals surface area contributed by atoms with Gasteiger partial charge >= 0.3 is 5.97 Å². The zero-order chi connectivity index (χ0) is 13.6. The van der Waals surface area contributed by atoms with Crippen LogP contribution in [0.5, 0.6) is 0 Å². The fraction of sp³-hybridized carbons (Fsp3) is 0.308. The quantitative estimate of drug-likeness (QED) is 0.937. The Kier molecular flexibility index (Phi) is 2.78. The highest BCUT2D eigenvalue weighted by molar-refractivity contribution is 6.32. The van der Waals surface area contributed by atoms with Gasteiger partial charge in [-0.3, -0.25) is 0 Å². The number of carboxylic acids is 1. The summed E-state index contributed by atoms with van der Waals surface area (Å²) in [6.07, 6.45) is 5.47. The lowest BCUT2D eigenvalue weighted by Crippen LogP contribution is -2.05. The predicted molar refractivity (Wildman–Crippen MR) is 70.0 cm³/mol. The van der Waals surface area contributed by atoms with E-state index in [1.54, 1.807) is 13.1 Å². The highest BCUT2D eigenvalue weighted by atomic mass is 35.5. The Morgan fingerprint density at radius 1 is 1.47 bits per heavy atom. The summed E-state index contributed by atoms with van der Waals surface area (Å²) in [5.41, 5.74) is 1.81. The van der Waals surface area contributed by atoms with Gasteiger partial charge in [0.2, 0.25) is 0 Å². The molecule has 1 aliphatic rings. The number of aromatic carboxylic acids is 1. The minimum atomic E-state index is -1.01. The normalized spacial score (nSPS) is 14.6. The summed E-state index contributed by atoms with van der Waals surface area (Å²) in [6.45, 7) is 1.68. The SMILES string of the molecule is Cc1c(C(=O)O)cnn1-c1ncc(C2CC2)cc1Cl. The molecule has 2 aromatic rings. The van der Waals surface area contributed by atoms with E-state index in [0.29, 0.717) is 22.5 Å². The topological polar surface area (TPSA) is 68.0 Å². The zero-order valence-electron chi connectivity index (χ0n) is 10.3. The van der Waals surface area contributed by atoms with Gasteiger partial charge in [-0.25, -0.2) is 14.5 Å². The van der Waals surface area contributed by atoms with E-state index in [2.05, 4.69) is 10.1 Å². The van der Waals surface area contributed by atoms with Crippen LogP contribution in [0, 0.1) is 6.92 Å². The number of hydrogen-bond acceptors (Lipinski definition) is 3. The van der Waals surface area contributed by atoms with Crippen LogP contribution in [-0.2, 0) is 0 Å². The second-order valence-electron chi connectivity index (χ2n) is 4.71. The van der Waals surface area contributed by atoms with E-state index < -0.39 is 5.97 Å². The van der Waals surface area contributed by atoms with Crippen molar-refractivity contribution in [1.82, 2.24) is 14.8 Å². The summed E-state index contributed by atoms with van der Waals surface area (Å²) in [6, 6.07) is 1.89. The van der Waals surface area contributed by atoms with Crippen LogP contribution in [-0.4, -0.2) is 25.8 Å². The second-order valence-corrected chi connectivity index (χ2v) is 5.12. The molecular formula is C13H12ClN3O2. The molecule has 0 radical (unpaired) electrons. The van der Waals surface area contributed by atoms with Crippen LogP contribution in [0.1, 0.15) is 40.4 Å². The van der Waals surface area contributed by atoms with E-state index in [1.807, 2.05) is 6.07 Å². The van der Waals surface area contributed by atoms with Crippen molar-refractivity contribution in [3.05, 3.63) is 40.3 Å². The van der Waals surface area contributed by atoms with Gasteiger partial charge in [0.25, 0.3) is 0 Å². The fourth-order valence-electron chi connectivity index (χ4n) is 2.07. The van der Waals surface area contributed by atoms with Gasteiger partial charge in [-0.1, -0.05) is 11.6 Å². The molecule has 5 nitrogen and oxygen atoms in total. The van der Waals surface area contributed by atoms with Crippen molar-refractivity contribution in [2.75, 3.05) is 0 Å². The molecule has 19 heavy (non-hydrogen) atoms. The summed E-state index contributed by atoms with van der Waals surface area (Å²) in [5, 5.41) is 13.6. The minimum absolute atomic E-state index is 0.157. The molecule has 0 saturated heterocycles. The molecule has 3 rings (SSSR count). The molecule has 98 valence electrons. The Bertz CT molecular complexity index is 662. The molecule has 1 saturated carbocycles. The fourth-order valence-corrected chi connectivity index (χ4v) is 2.33. The predicted octanol–water partition coefficient (Wildman–Crippen LogP) is 2.80. The van der Waals surface area contributed by atoms with E-state index in [9.17, 15) is 4.79 Å². The Labute approximate surface area is 114 Å². The number of pyridine rings is 1. The first-order valence-electron chi connectivity index (χ1n) is 6.01. The summed E-state index contributed by atoms with van der Waals surface area (Å²) >= 11 is 6.23. The Morgan fingerprint density at radius 3 is 2.74 bits per heavy atom. The first kappa shape index (κ1) is 12.2. The molecule has 0 spiro atoms. The molecule has 0 bridgehead atoms. The van der Waals surface area contributed by atoms with Crippen molar-refractivity contribution in [1.29, 1.82) is 0 Å². The molecule has 0 aliphatic heterocycles. The number of carbonyl (C=O) groups is 1. The summed E-state index contributed by atoms with van der Waals surface area (Å²) in [5.74, 6) is 0.0397. The average Bonchev–Trinajstić information content (AvgIpc) is 3.13. The van der Waals surface area contributed by atoms with Crippen LogP contribution >= 0.6 is 11.6 Å². The van der Waals surface area contributed by atoms with Gasteiger partial charge in [-0.2, -0.15) is 5.10 Å². The van der Waals surface area contributed by atoms with Crippen molar-refractivity contribution in [2.24, 2.45) is 0 Å². The van der Waals surface area contributed by atoms with Crippen LogP contribution in [0.4, 0.5) is 0 Å². The third-order valence-electron chi connectivity index (χ3n) is 3.33. The van der Waals surface area contributed by atoms with E-state index >= 15 is 0 Å². The standard InChI is InChI=1S/C13H12ClN3O2/c1-7-10(13(18)19)6-16-17(7)12-11(14)4-9(5-15-12)8-2-3-8/h4-6,8H,2-3H2,1H3,(H,18,19). The van der Waals surface area contributed by atoms with Crippen molar-refractivity contribution in [3.8, 4) is 5.82 Å². The van der Waals surface area contributed by atoms with Crippen LogP contribution in [0.15, 0.2) is 18.5 Å². The molecule has 6 heteroatoms. The molecule has 0 unspecified atom stereocenters. The molecule has 2 aromatic heterocycles. The Hall–Kier alpha value is -1.88. The lowest BCUT2D eigenvalue weighted by molar-refractivity contribution is 0.0696. The molecule has 1 fully saturated rings. The monoisotopic (exact) mass is 277 g/mol. The number of halogens is 1. The molecule has 2 heterocycles. The van der Waals surface area contributed by atoms with Gasteiger partial charge in [0.1, 0.15) is 5.56 Å². The van der Waals surface area contributed by atoms with Crippen molar-refractivity contribution < 1.29 is 9.90 Å². The maximum absolute atomic E-state index is 11.0. The van der Waals surface area contributed by atoms with Crippen LogP contribution in [0.3, 0.4) is 0 Å².